The summed E-state index contributed by atoms with van der Waals surface area (Å²) in [4.78, 5) is 45.7. The summed E-state index contributed by atoms with van der Waals surface area (Å²) in [7, 11) is 1.48. The molecule has 0 bridgehead atoms. The molecule has 1 aliphatic heterocycles. The highest BCUT2D eigenvalue weighted by molar-refractivity contribution is 6.46. The second-order valence-corrected chi connectivity index (χ2v) is 7.71. The third-order valence-corrected chi connectivity index (χ3v) is 4.12. The van der Waals surface area contributed by atoms with Gasteiger partial charge in [0.1, 0.15) is 24.5 Å². The molecule has 1 aliphatic rings. The van der Waals surface area contributed by atoms with Gasteiger partial charge in [0.05, 0.1) is 16.9 Å². The van der Waals surface area contributed by atoms with Crippen molar-refractivity contribution in [1.29, 1.82) is 5.41 Å². The van der Waals surface area contributed by atoms with Crippen LogP contribution in [-0.2, 0) is 14.3 Å². The number of nitrogens with zero attached hydrogens (tertiary/aromatic N) is 2. The second kappa shape index (κ2) is 10.7. The van der Waals surface area contributed by atoms with E-state index in [4.69, 9.17) is 19.7 Å². The average Bonchev–Trinajstić information content (AvgIpc) is 2.96. The van der Waals surface area contributed by atoms with Crippen molar-refractivity contribution in [1.82, 2.24) is 10.4 Å². The van der Waals surface area contributed by atoms with E-state index in [1.54, 1.807) is 45.0 Å². The zero-order valence-electron chi connectivity index (χ0n) is 18.9. The maximum Gasteiger partial charge on any atom is 0.413 e. The Balaban J connectivity index is 1.88. The summed E-state index contributed by atoms with van der Waals surface area (Å²) in [5, 5.41) is 11.1. The van der Waals surface area contributed by atoms with Crippen molar-refractivity contribution >= 4 is 29.5 Å². The molecule has 0 saturated carbocycles. The number of nitrogens with one attached hydrogen (secondary N) is 2. The van der Waals surface area contributed by atoms with Gasteiger partial charge in [-0.15, -0.1) is 5.06 Å². The van der Waals surface area contributed by atoms with Gasteiger partial charge in [-0.05, 0) is 32.9 Å². The first-order chi connectivity index (χ1) is 15.1. The van der Waals surface area contributed by atoms with Crippen LogP contribution in [0.5, 0.6) is 0 Å². The van der Waals surface area contributed by atoms with Gasteiger partial charge in [0.2, 0.25) is 0 Å². The Kier molecular flexibility index (Phi) is 8.25. The molecule has 0 unspecified atom stereocenters. The van der Waals surface area contributed by atoms with Gasteiger partial charge in [-0.3, -0.25) is 30.1 Å². The number of ether oxygens (including phenoxy) is 2. The summed E-state index contributed by atoms with van der Waals surface area (Å²) in [5.41, 5.74) is 0.0923. The topological polar surface area (TPSA) is 130 Å². The van der Waals surface area contributed by atoms with Crippen molar-refractivity contribution < 1.29 is 28.7 Å². The molecule has 172 valence electrons. The Morgan fingerprint density at radius 3 is 2.25 bits per heavy atom. The van der Waals surface area contributed by atoms with Gasteiger partial charge >= 0.3 is 6.09 Å². The molecule has 0 atom stereocenters. The molecule has 0 spiro atoms. The summed E-state index contributed by atoms with van der Waals surface area (Å²) < 4.78 is 10.8. The number of alkyl carbamates (subject to hydrolysis) is 1. The van der Waals surface area contributed by atoms with Crippen LogP contribution in [0.3, 0.4) is 0 Å². The van der Waals surface area contributed by atoms with E-state index in [2.05, 4.69) is 10.3 Å². The van der Waals surface area contributed by atoms with E-state index < -0.39 is 23.5 Å². The molecule has 3 amide bonds. The van der Waals surface area contributed by atoms with Gasteiger partial charge in [-0.2, -0.15) is 0 Å². The van der Waals surface area contributed by atoms with Gasteiger partial charge in [0, 0.05) is 19.5 Å². The second-order valence-electron chi connectivity index (χ2n) is 7.71. The van der Waals surface area contributed by atoms with Crippen molar-refractivity contribution in [3.8, 4) is 0 Å². The van der Waals surface area contributed by atoms with E-state index in [1.807, 2.05) is 6.92 Å². The molecule has 10 nitrogen and oxygen atoms in total. The maximum absolute atomic E-state index is 12.3. The summed E-state index contributed by atoms with van der Waals surface area (Å²) in [6, 6.07) is 6.49. The first-order valence-corrected chi connectivity index (χ1v) is 10.1. The van der Waals surface area contributed by atoms with Crippen molar-refractivity contribution in [2.45, 2.75) is 39.7 Å². The van der Waals surface area contributed by atoms with Crippen molar-refractivity contribution in [2.75, 3.05) is 20.3 Å². The van der Waals surface area contributed by atoms with Gasteiger partial charge in [-0.25, -0.2) is 4.79 Å². The maximum atomic E-state index is 12.3. The molecule has 1 aromatic rings. The molecule has 0 fully saturated rings. The summed E-state index contributed by atoms with van der Waals surface area (Å²) >= 11 is 0. The molecule has 0 saturated heterocycles. The average molecular weight is 444 g/mol. The highest BCUT2D eigenvalue weighted by atomic mass is 16.7. The predicted molar refractivity (Wildman–Crippen MR) is 118 cm³/mol. The number of amides is 3. The number of fused-ring (bicyclic) bond motifs is 1. The highest BCUT2D eigenvalue weighted by Gasteiger charge is 2.36. The SMILES string of the molecule is CC/C(=C\C(=NC)C(=N)NC(=O)OC(C)(C)C)OCCON1C(=O)c2ccccc2C1=O. The standard InChI is InChI=1S/C22H28N4O6/c1-6-14(13-17(24-5)18(23)25-21(29)32-22(2,3)4)30-11-12-31-26-19(27)15-9-7-8-10-16(15)20(26)28/h7-10,13H,6,11-12H2,1-5H3,(H2,23,25,29)/b14-13+,24-17?. The van der Waals surface area contributed by atoms with Crippen LogP contribution in [0.25, 0.3) is 0 Å². The van der Waals surface area contributed by atoms with Gasteiger partial charge in [0.25, 0.3) is 11.8 Å². The third-order valence-electron chi connectivity index (χ3n) is 4.12. The lowest BCUT2D eigenvalue weighted by Crippen LogP contribution is -2.39. The highest BCUT2D eigenvalue weighted by Crippen LogP contribution is 2.22. The van der Waals surface area contributed by atoms with Crippen LogP contribution >= 0.6 is 0 Å². The van der Waals surface area contributed by atoms with E-state index in [-0.39, 0.29) is 24.8 Å². The van der Waals surface area contributed by atoms with Crippen molar-refractivity contribution in [3.63, 3.8) is 0 Å². The lowest BCUT2D eigenvalue weighted by molar-refractivity contribution is -0.102. The van der Waals surface area contributed by atoms with Crippen molar-refractivity contribution in [2.24, 2.45) is 4.99 Å². The zero-order chi connectivity index (χ0) is 23.9. The zero-order valence-corrected chi connectivity index (χ0v) is 18.9. The minimum atomic E-state index is -0.759. The first kappa shape index (κ1) is 24.7. The number of rotatable bonds is 8. The quantitative estimate of drug-likeness (QED) is 0.208. The molecule has 0 radical (unpaired) electrons. The smallest absolute Gasteiger partial charge is 0.413 e. The number of carbonyl (C=O) groups excluding carboxylic acids is 3. The van der Waals surface area contributed by atoms with E-state index in [1.165, 1.54) is 13.1 Å². The number of imide groups is 1. The Labute approximate surface area is 186 Å². The molecule has 0 aliphatic carbocycles. The normalized spacial score (nSPS) is 14.3. The number of hydrogen-bond donors (Lipinski definition) is 2. The lowest BCUT2D eigenvalue weighted by atomic mass is 10.1. The Morgan fingerprint density at radius 1 is 1.16 bits per heavy atom. The number of hydrogen-bond acceptors (Lipinski definition) is 8. The molecule has 2 rings (SSSR count). The van der Waals surface area contributed by atoms with E-state index >= 15 is 0 Å². The van der Waals surface area contributed by atoms with Crippen LogP contribution in [0.4, 0.5) is 4.79 Å². The van der Waals surface area contributed by atoms with Gasteiger partial charge in [0.15, 0.2) is 5.84 Å². The fourth-order valence-corrected chi connectivity index (χ4v) is 2.70. The van der Waals surface area contributed by atoms with Crippen LogP contribution in [0.15, 0.2) is 41.1 Å². The molecule has 10 heteroatoms. The van der Waals surface area contributed by atoms with E-state index in [9.17, 15) is 14.4 Å². The number of benzene rings is 1. The Bertz CT molecular complexity index is 926. The largest absolute Gasteiger partial charge is 0.495 e. The van der Waals surface area contributed by atoms with Crippen LogP contribution in [0.1, 0.15) is 54.8 Å². The number of hydroxylamine groups is 2. The molecule has 1 heterocycles. The Morgan fingerprint density at radius 2 is 1.75 bits per heavy atom. The first-order valence-electron chi connectivity index (χ1n) is 10.1. The van der Waals surface area contributed by atoms with Gasteiger partial charge < -0.3 is 9.47 Å². The number of allylic oxidation sites excluding steroid dienone is 1. The molecule has 2 N–H and O–H groups in total. The van der Waals surface area contributed by atoms with Gasteiger partial charge in [-0.1, -0.05) is 19.1 Å². The van der Waals surface area contributed by atoms with E-state index in [0.717, 1.165) is 5.06 Å². The van der Waals surface area contributed by atoms with E-state index in [0.29, 0.717) is 23.3 Å². The monoisotopic (exact) mass is 444 g/mol. The van der Waals surface area contributed by atoms with Crippen LogP contribution < -0.4 is 5.32 Å². The molecular formula is C22H28N4O6. The third kappa shape index (κ3) is 6.48. The summed E-state index contributed by atoms with van der Waals surface area (Å²) in [6.07, 6.45) is 1.23. The molecule has 32 heavy (non-hydrogen) atoms. The molecule has 0 aromatic heterocycles. The summed E-state index contributed by atoms with van der Waals surface area (Å²) in [6.45, 7) is 7.01. The Hall–Kier alpha value is -3.53. The lowest BCUT2D eigenvalue weighted by Gasteiger charge is -2.20. The molecular weight excluding hydrogens is 416 g/mol. The number of carbonyl (C=O) groups is 3. The summed E-state index contributed by atoms with van der Waals surface area (Å²) in [5.74, 6) is -0.788. The van der Waals surface area contributed by atoms with Crippen molar-refractivity contribution in [3.05, 3.63) is 47.2 Å². The molecule has 1 aromatic carbocycles. The predicted octanol–water partition coefficient (Wildman–Crippen LogP) is 3.10. The minimum absolute atomic E-state index is 0.0466. The van der Waals surface area contributed by atoms with Crippen LogP contribution in [0.2, 0.25) is 0 Å². The number of amidine groups is 1. The minimum Gasteiger partial charge on any atom is -0.495 e. The van der Waals surface area contributed by atoms with Crippen LogP contribution in [-0.4, -0.2) is 60.4 Å². The number of aliphatic imine (C=N–C) groups is 1. The van der Waals surface area contributed by atoms with Crippen LogP contribution in [0, 0.1) is 5.41 Å². The fraction of sp³-hybridized carbons (Fsp3) is 0.409. The fourth-order valence-electron chi connectivity index (χ4n) is 2.70.